The number of aromatic nitrogens is 5. The van der Waals surface area contributed by atoms with Crippen LogP contribution in [0.15, 0.2) is 40.2 Å². The van der Waals surface area contributed by atoms with E-state index < -0.39 is 47.4 Å². The van der Waals surface area contributed by atoms with Crippen molar-refractivity contribution in [2.45, 2.75) is 88.6 Å². The first-order valence-electron chi connectivity index (χ1n) is 14.5. The van der Waals surface area contributed by atoms with E-state index in [4.69, 9.17) is 14.2 Å². The number of carboxylic acids is 1. The molecule has 4 aromatic rings. The molecule has 1 N–H and O–H groups in total. The molecule has 2 bridgehead atoms. The Kier molecular flexibility index (Phi) is 7.32. The molecule has 1 unspecified atom stereocenters. The first-order chi connectivity index (χ1) is 21.6. The number of benzene rings is 1. The Morgan fingerprint density at radius 2 is 1.87 bits per heavy atom. The standard InChI is InChI=1S/C29H28F3N5O7S/c1-14-22-23(38)36(29(6-7-29)26(39)40)28(41)35(25(22)45-24(14)37-33-8-9-34-37)13-21(43-18-11-16-3-4-17(12-18)42-16)19-10-15(30)2-5-20(19)44-27(31)32/h2,5,8-10,16-18,21,27H,3-4,6-7,11-13H2,1H3,(H,39,40)/t16-,17+,18?,21-/m0/s1. The number of aryl methyl sites for hydroxylation is 1. The van der Waals surface area contributed by atoms with Crippen LogP contribution in [-0.2, 0) is 26.4 Å². The van der Waals surface area contributed by atoms with Crippen LogP contribution < -0.4 is 16.0 Å². The monoisotopic (exact) mass is 647 g/mol. The second-order valence-electron chi connectivity index (χ2n) is 11.6. The van der Waals surface area contributed by atoms with E-state index in [1.165, 1.54) is 21.8 Å². The normalized spacial score (nSPS) is 22.6. The molecule has 12 nitrogen and oxygen atoms in total. The van der Waals surface area contributed by atoms with Crippen LogP contribution in [0.4, 0.5) is 13.2 Å². The molecule has 2 aliphatic heterocycles. The first kappa shape index (κ1) is 29.7. The highest BCUT2D eigenvalue weighted by atomic mass is 32.1. The predicted molar refractivity (Wildman–Crippen MR) is 153 cm³/mol. The van der Waals surface area contributed by atoms with Crippen molar-refractivity contribution in [3.8, 4) is 10.8 Å². The van der Waals surface area contributed by atoms with Gasteiger partial charge in [-0.05, 0) is 63.6 Å². The maximum Gasteiger partial charge on any atom is 0.387 e. The molecule has 4 atom stereocenters. The molecular formula is C29H28F3N5O7S. The number of halogens is 3. The summed E-state index contributed by atoms with van der Waals surface area (Å²) in [5, 5.41) is 18.9. The molecule has 1 aliphatic carbocycles. The van der Waals surface area contributed by atoms with Gasteiger partial charge in [-0.1, -0.05) is 11.3 Å². The van der Waals surface area contributed by atoms with Crippen molar-refractivity contribution in [1.82, 2.24) is 24.1 Å². The van der Waals surface area contributed by atoms with Crippen molar-refractivity contribution in [2.75, 3.05) is 0 Å². The van der Waals surface area contributed by atoms with E-state index >= 15 is 0 Å². The maximum atomic E-state index is 14.7. The highest BCUT2D eigenvalue weighted by Gasteiger charge is 2.55. The largest absolute Gasteiger partial charge is 0.479 e. The summed E-state index contributed by atoms with van der Waals surface area (Å²) in [5.41, 5.74) is -3.06. The van der Waals surface area contributed by atoms with E-state index in [0.29, 0.717) is 23.4 Å². The van der Waals surface area contributed by atoms with Crippen LogP contribution in [0.3, 0.4) is 0 Å². The van der Waals surface area contributed by atoms with Gasteiger partial charge in [-0.25, -0.2) is 18.5 Å². The fourth-order valence-electron chi connectivity index (χ4n) is 6.54. The van der Waals surface area contributed by atoms with Gasteiger partial charge in [-0.2, -0.15) is 19.0 Å². The van der Waals surface area contributed by atoms with Gasteiger partial charge < -0.3 is 19.3 Å². The van der Waals surface area contributed by atoms with Gasteiger partial charge in [0.2, 0.25) is 0 Å². The van der Waals surface area contributed by atoms with E-state index in [9.17, 15) is 32.7 Å². The average Bonchev–Trinajstić information content (AvgIpc) is 3.28. The van der Waals surface area contributed by atoms with Crippen molar-refractivity contribution in [2.24, 2.45) is 0 Å². The number of aliphatic carboxylic acids is 1. The number of thiophene rings is 1. The molecule has 0 spiro atoms. The molecule has 3 fully saturated rings. The summed E-state index contributed by atoms with van der Waals surface area (Å²) < 4.78 is 60.8. The Morgan fingerprint density at radius 1 is 1.18 bits per heavy atom. The molecule has 238 valence electrons. The number of fused-ring (bicyclic) bond motifs is 3. The summed E-state index contributed by atoms with van der Waals surface area (Å²) >= 11 is 1.04. The molecule has 2 saturated heterocycles. The van der Waals surface area contributed by atoms with Crippen molar-refractivity contribution < 1.29 is 37.3 Å². The molecule has 3 aliphatic rings. The summed E-state index contributed by atoms with van der Waals surface area (Å²) in [4.78, 5) is 42.0. The van der Waals surface area contributed by atoms with Crippen molar-refractivity contribution >= 4 is 27.5 Å². The van der Waals surface area contributed by atoms with Gasteiger partial charge >= 0.3 is 18.3 Å². The third-order valence-electron chi connectivity index (χ3n) is 8.82. The molecule has 0 amide bonds. The fraction of sp³-hybridized carbons (Fsp3) is 0.483. The van der Waals surface area contributed by atoms with Crippen LogP contribution in [0, 0.1) is 12.7 Å². The lowest BCUT2D eigenvalue weighted by Gasteiger charge is -2.32. The Balaban J connectivity index is 1.42. The van der Waals surface area contributed by atoms with Gasteiger partial charge in [-0.3, -0.25) is 9.36 Å². The second-order valence-corrected chi connectivity index (χ2v) is 12.6. The minimum Gasteiger partial charge on any atom is -0.479 e. The average molecular weight is 648 g/mol. The molecule has 7 rings (SSSR count). The molecule has 45 heavy (non-hydrogen) atoms. The summed E-state index contributed by atoms with van der Waals surface area (Å²) in [6.45, 7) is -1.95. The van der Waals surface area contributed by atoms with Crippen LogP contribution in [0.1, 0.15) is 55.8 Å². The van der Waals surface area contributed by atoms with E-state index in [-0.39, 0.29) is 53.1 Å². The molecule has 1 saturated carbocycles. The van der Waals surface area contributed by atoms with Crippen molar-refractivity contribution in [3.05, 3.63) is 68.4 Å². The van der Waals surface area contributed by atoms with Crippen LogP contribution in [0.2, 0.25) is 0 Å². The lowest BCUT2D eigenvalue weighted by Crippen LogP contribution is -2.49. The number of hydrogen-bond donors (Lipinski definition) is 1. The van der Waals surface area contributed by atoms with Gasteiger partial charge in [0.1, 0.15) is 33.0 Å². The van der Waals surface area contributed by atoms with Crippen molar-refractivity contribution in [3.63, 3.8) is 0 Å². The van der Waals surface area contributed by atoms with E-state index in [0.717, 1.165) is 46.9 Å². The lowest BCUT2D eigenvalue weighted by atomic mass is 10.0. The van der Waals surface area contributed by atoms with E-state index in [2.05, 4.69) is 10.2 Å². The maximum absolute atomic E-state index is 14.7. The van der Waals surface area contributed by atoms with Crippen LogP contribution in [0.25, 0.3) is 15.2 Å². The molecule has 5 heterocycles. The zero-order valence-electron chi connectivity index (χ0n) is 23.9. The van der Waals surface area contributed by atoms with Gasteiger partial charge in [0.15, 0.2) is 0 Å². The van der Waals surface area contributed by atoms with Gasteiger partial charge in [-0.15, -0.1) is 4.80 Å². The quantitative estimate of drug-likeness (QED) is 0.272. The van der Waals surface area contributed by atoms with E-state index in [1.54, 1.807) is 6.92 Å². The highest BCUT2D eigenvalue weighted by Crippen LogP contribution is 2.43. The molecular weight excluding hydrogens is 619 g/mol. The van der Waals surface area contributed by atoms with Crippen molar-refractivity contribution in [1.29, 1.82) is 0 Å². The number of carboxylic acid groups (broad SMARTS) is 1. The number of ether oxygens (including phenoxy) is 3. The second kappa shape index (κ2) is 11.1. The molecule has 16 heteroatoms. The topological polar surface area (TPSA) is 140 Å². The third kappa shape index (κ3) is 5.13. The van der Waals surface area contributed by atoms with E-state index in [1.807, 2.05) is 0 Å². The number of hydrogen-bond acceptors (Lipinski definition) is 9. The minimum absolute atomic E-state index is 0.0515. The van der Waals surface area contributed by atoms with Crippen LogP contribution in [-0.4, -0.2) is 60.1 Å². The van der Waals surface area contributed by atoms with Crippen LogP contribution in [0.5, 0.6) is 5.75 Å². The minimum atomic E-state index is -3.22. The number of nitrogens with zero attached hydrogens (tertiary/aromatic N) is 5. The van der Waals surface area contributed by atoms with Gasteiger partial charge in [0, 0.05) is 11.1 Å². The predicted octanol–water partition coefficient (Wildman–Crippen LogP) is 3.90. The summed E-state index contributed by atoms with van der Waals surface area (Å²) in [6.07, 6.45) is 4.00. The molecule has 3 aromatic heterocycles. The zero-order chi connectivity index (χ0) is 31.6. The Labute approximate surface area is 256 Å². The lowest BCUT2D eigenvalue weighted by molar-refractivity contribution is -0.142. The molecule has 1 aromatic carbocycles. The van der Waals surface area contributed by atoms with Crippen LogP contribution >= 0.6 is 11.3 Å². The Bertz CT molecular complexity index is 1890. The number of rotatable bonds is 10. The molecule has 0 radical (unpaired) electrons. The SMILES string of the molecule is Cc1c(-n2nccn2)sc2c1c(=O)n(C1(C(=O)O)CC1)c(=O)n2C[C@H](OC1C[C@H]2CC[C@@H](C1)O2)c1cc(F)ccc1OC(F)F. The van der Waals surface area contributed by atoms with Gasteiger partial charge in [0.05, 0.1) is 42.6 Å². The van der Waals surface area contributed by atoms with Gasteiger partial charge in [0.25, 0.3) is 5.56 Å². The summed E-state index contributed by atoms with van der Waals surface area (Å²) in [6, 6.07) is 3.07. The number of alkyl halides is 2. The smallest absolute Gasteiger partial charge is 0.387 e. The zero-order valence-corrected chi connectivity index (χ0v) is 24.7. The third-order valence-corrected chi connectivity index (χ3v) is 10.1. The first-order valence-corrected chi connectivity index (χ1v) is 15.3. The fourth-order valence-corrected chi connectivity index (χ4v) is 7.76. The number of carbonyl (C=O) groups is 1. The summed E-state index contributed by atoms with van der Waals surface area (Å²) in [5.74, 6) is -2.40. The highest BCUT2D eigenvalue weighted by molar-refractivity contribution is 7.21. The Morgan fingerprint density at radius 3 is 2.49 bits per heavy atom. The Hall–Kier alpha value is -4.02. The summed E-state index contributed by atoms with van der Waals surface area (Å²) in [7, 11) is 0.